The maximum atomic E-state index is 12.6. The van der Waals surface area contributed by atoms with Crippen LogP contribution in [0.4, 0.5) is 18.9 Å². The number of alkyl halides is 3. The Hall–Kier alpha value is -3.44. The summed E-state index contributed by atoms with van der Waals surface area (Å²) in [5.74, 6) is 0. The summed E-state index contributed by atoms with van der Waals surface area (Å²) in [6.45, 7) is 0. The van der Waals surface area contributed by atoms with Crippen LogP contribution in [0.15, 0.2) is 83.9 Å². The molecule has 0 saturated carbocycles. The van der Waals surface area contributed by atoms with Gasteiger partial charge < -0.3 is 0 Å². The Labute approximate surface area is 182 Å². The first kappa shape index (κ1) is 20.8. The number of aliphatic imine (C=N–C) groups is 1. The first-order chi connectivity index (χ1) is 14.9. The summed E-state index contributed by atoms with van der Waals surface area (Å²) in [6, 6.07) is 21.9. The summed E-state index contributed by atoms with van der Waals surface area (Å²) in [4.78, 5) is 8.86. The normalized spacial score (nSPS) is 12.3. The molecule has 0 unspecified atom stereocenters. The van der Waals surface area contributed by atoms with Gasteiger partial charge in [-0.05, 0) is 65.7 Å². The van der Waals surface area contributed by atoms with E-state index in [0.29, 0.717) is 10.7 Å². The van der Waals surface area contributed by atoms with E-state index < -0.39 is 11.7 Å². The zero-order valence-corrected chi connectivity index (χ0v) is 16.9. The van der Waals surface area contributed by atoms with E-state index in [1.54, 1.807) is 6.21 Å². The fraction of sp³-hybridized carbons (Fsp3) is 0.0400. The predicted octanol–water partition coefficient (Wildman–Crippen LogP) is 7.83. The number of hydrogen-bond donors (Lipinski definition) is 0. The molecule has 0 atom stereocenters. The summed E-state index contributed by atoms with van der Waals surface area (Å²) < 4.78 is 37.9. The van der Waals surface area contributed by atoms with Crippen molar-refractivity contribution in [2.24, 2.45) is 4.99 Å². The highest BCUT2D eigenvalue weighted by molar-refractivity contribution is 6.31. The van der Waals surface area contributed by atoms with Crippen molar-refractivity contribution in [3.63, 3.8) is 0 Å². The average Bonchev–Trinajstić information content (AvgIpc) is 2.76. The summed E-state index contributed by atoms with van der Waals surface area (Å²) >= 11 is 6.04. The first-order valence-corrected chi connectivity index (χ1v) is 9.80. The lowest BCUT2D eigenvalue weighted by Crippen LogP contribution is -2.03. The molecule has 0 radical (unpaired) electrons. The third-order valence-electron chi connectivity index (χ3n) is 4.59. The van der Waals surface area contributed by atoms with Crippen LogP contribution in [0.1, 0.15) is 22.4 Å². The summed E-state index contributed by atoms with van der Waals surface area (Å²) in [5, 5.41) is 1.66. The predicted molar refractivity (Wildman–Crippen MR) is 121 cm³/mol. The van der Waals surface area contributed by atoms with Gasteiger partial charge in [-0.15, -0.1) is 0 Å². The molecular weight excluding hydrogens is 421 g/mol. The number of nitrogens with zero attached hydrogens (tertiary/aromatic N) is 2. The molecule has 0 spiro atoms. The second-order valence-electron chi connectivity index (χ2n) is 6.88. The standard InChI is InChI=1S/C25H16ClF3N2/c26-21-9-5-19-6-11-23(31-24(19)15-21)10-4-17-2-1-3-18(14-17)16-30-22-12-7-20(8-13-22)25(27,28)29/h1-16H/b10-4+,30-16?. The lowest BCUT2D eigenvalue weighted by molar-refractivity contribution is -0.137. The molecule has 0 aliphatic heterocycles. The van der Waals surface area contributed by atoms with E-state index in [2.05, 4.69) is 9.98 Å². The molecule has 4 rings (SSSR count). The van der Waals surface area contributed by atoms with Crippen molar-refractivity contribution in [2.75, 3.05) is 0 Å². The van der Waals surface area contributed by atoms with Gasteiger partial charge in [0.15, 0.2) is 0 Å². The maximum Gasteiger partial charge on any atom is 0.416 e. The van der Waals surface area contributed by atoms with Gasteiger partial charge in [-0.3, -0.25) is 4.99 Å². The summed E-state index contributed by atoms with van der Waals surface area (Å²) in [6.07, 6.45) is 1.12. The molecule has 4 aromatic rings. The topological polar surface area (TPSA) is 25.2 Å². The smallest absolute Gasteiger partial charge is 0.256 e. The van der Waals surface area contributed by atoms with E-state index in [9.17, 15) is 13.2 Å². The van der Waals surface area contributed by atoms with Crippen LogP contribution >= 0.6 is 11.6 Å². The SMILES string of the molecule is FC(F)(F)c1ccc(N=Cc2cccc(/C=C/c3ccc4ccc(Cl)cc4n3)c2)cc1. The molecule has 154 valence electrons. The molecule has 0 fully saturated rings. The minimum absolute atomic E-state index is 0.452. The number of halogens is 4. The molecule has 0 aliphatic rings. The van der Waals surface area contributed by atoms with Gasteiger partial charge >= 0.3 is 6.18 Å². The lowest BCUT2D eigenvalue weighted by Gasteiger charge is -2.05. The number of pyridine rings is 1. The van der Waals surface area contributed by atoms with Crippen LogP contribution in [0.3, 0.4) is 0 Å². The molecule has 0 N–H and O–H groups in total. The van der Waals surface area contributed by atoms with Crippen molar-refractivity contribution in [1.82, 2.24) is 4.98 Å². The van der Waals surface area contributed by atoms with E-state index in [4.69, 9.17) is 11.6 Å². The van der Waals surface area contributed by atoms with Crippen molar-refractivity contribution in [2.45, 2.75) is 6.18 Å². The molecular formula is C25H16ClF3N2. The van der Waals surface area contributed by atoms with Gasteiger partial charge in [0.1, 0.15) is 0 Å². The molecule has 3 aromatic carbocycles. The molecule has 2 nitrogen and oxygen atoms in total. The van der Waals surface area contributed by atoms with Crippen LogP contribution in [0, 0.1) is 0 Å². The highest BCUT2D eigenvalue weighted by atomic mass is 35.5. The molecule has 1 heterocycles. The minimum atomic E-state index is -4.35. The zero-order valence-electron chi connectivity index (χ0n) is 16.1. The Balaban J connectivity index is 1.50. The quantitative estimate of drug-likeness (QED) is 0.299. The number of benzene rings is 3. The van der Waals surface area contributed by atoms with Crippen molar-refractivity contribution in [1.29, 1.82) is 0 Å². The molecule has 0 aliphatic carbocycles. The van der Waals surface area contributed by atoms with Crippen molar-refractivity contribution in [3.8, 4) is 0 Å². The Morgan fingerprint density at radius 3 is 2.32 bits per heavy atom. The van der Waals surface area contributed by atoms with Gasteiger partial charge in [0, 0.05) is 16.6 Å². The van der Waals surface area contributed by atoms with Crippen LogP contribution < -0.4 is 0 Å². The third kappa shape index (κ3) is 5.38. The first-order valence-electron chi connectivity index (χ1n) is 9.43. The lowest BCUT2D eigenvalue weighted by atomic mass is 10.1. The van der Waals surface area contributed by atoms with Crippen molar-refractivity contribution in [3.05, 3.63) is 106 Å². The van der Waals surface area contributed by atoms with Gasteiger partial charge in [0.05, 0.1) is 22.5 Å². The van der Waals surface area contributed by atoms with E-state index in [1.165, 1.54) is 12.1 Å². The maximum absolute atomic E-state index is 12.6. The Morgan fingerprint density at radius 1 is 0.806 bits per heavy atom. The Kier molecular flexibility index (Phi) is 5.87. The van der Waals surface area contributed by atoms with Gasteiger partial charge in [-0.2, -0.15) is 13.2 Å². The number of rotatable bonds is 4. The third-order valence-corrected chi connectivity index (χ3v) is 4.83. The van der Waals surface area contributed by atoms with Gasteiger partial charge in [-0.25, -0.2) is 4.98 Å². The molecule has 6 heteroatoms. The van der Waals surface area contributed by atoms with Gasteiger partial charge in [0.2, 0.25) is 0 Å². The number of fused-ring (bicyclic) bond motifs is 1. The molecule has 1 aromatic heterocycles. The second kappa shape index (κ2) is 8.74. The van der Waals surface area contributed by atoms with Crippen LogP contribution in [-0.4, -0.2) is 11.2 Å². The molecule has 0 saturated heterocycles. The molecule has 0 amide bonds. The van der Waals surface area contributed by atoms with Crippen LogP contribution in [0.2, 0.25) is 5.02 Å². The average molecular weight is 437 g/mol. The second-order valence-corrected chi connectivity index (χ2v) is 7.32. The molecule has 31 heavy (non-hydrogen) atoms. The van der Waals surface area contributed by atoms with Gasteiger partial charge in [-0.1, -0.05) is 48.0 Å². The highest BCUT2D eigenvalue weighted by Crippen LogP contribution is 2.30. The van der Waals surface area contributed by atoms with Crippen LogP contribution in [-0.2, 0) is 6.18 Å². The summed E-state index contributed by atoms with van der Waals surface area (Å²) in [5.41, 5.74) is 3.17. The fourth-order valence-corrected chi connectivity index (χ4v) is 3.18. The Morgan fingerprint density at radius 2 is 1.55 bits per heavy atom. The van der Waals surface area contributed by atoms with E-state index >= 15 is 0 Å². The van der Waals surface area contributed by atoms with Crippen molar-refractivity contribution >= 4 is 46.6 Å². The molecule has 0 bridgehead atoms. The zero-order chi connectivity index (χ0) is 21.8. The summed E-state index contributed by atoms with van der Waals surface area (Å²) in [7, 11) is 0. The van der Waals surface area contributed by atoms with E-state index in [1.807, 2.05) is 66.7 Å². The van der Waals surface area contributed by atoms with E-state index in [0.717, 1.165) is 39.9 Å². The van der Waals surface area contributed by atoms with E-state index in [-0.39, 0.29) is 0 Å². The largest absolute Gasteiger partial charge is 0.416 e. The van der Waals surface area contributed by atoms with Crippen LogP contribution in [0.25, 0.3) is 23.1 Å². The Bertz CT molecular complexity index is 1280. The van der Waals surface area contributed by atoms with Gasteiger partial charge in [0.25, 0.3) is 0 Å². The highest BCUT2D eigenvalue weighted by Gasteiger charge is 2.29. The van der Waals surface area contributed by atoms with Crippen molar-refractivity contribution < 1.29 is 13.2 Å². The van der Waals surface area contributed by atoms with Crippen LogP contribution in [0.5, 0.6) is 0 Å². The fourth-order valence-electron chi connectivity index (χ4n) is 3.01. The number of hydrogen-bond acceptors (Lipinski definition) is 2. The minimum Gasteiger partial charge on any atom is -0.256 e. The monoisotopic (exact) mass is 436 g/mol. The number of aromatic nitrogens is 1.